The van der Waals surface area contributed by atoms with Crippen LogP contribution in [-0.2, 0) is 11.3 Å². The van der Waals surface area contributed by atoms with Crippen LogP contribution in [0.15, 0.2) is 77.7 Å². The van der Waals surface area contributed by atoms with Crippen molar-refractivity contribution in [2.24, 2.45) is 0 Å². The van der Waals surface area contributed by atoms with Gasteiger partial charge in [-0.05, 0) is 55.8 Å². The minimum absolute atomic E-state index is 0.0950. The lowest BCUT2D eigenvalue weighted by Crippen LogP contribution is -2.34. The molecule has 7 heteroatoms. The van der Waals surface area contributed by atoms with Gasteiger partial charge >= 0.3 is 5.69 Å². The molecule has 0 radical (unpaired) electrons. The summed E-state index contributed by atoms with van der Waals surface area (Å²) >= 11 is 0. The molecular weight excluding hydrogens is 392 g/mol. The first kappa shape index (κ1) is 20.4. The Morgan fingerprint density at radius 1 is 1.06 bits per heavy atom. The second kappa shape index (κ2) is 8.87. The number of carbonyl (C=O) groups is 1. The lowest BCUT2D eigenvalue weighted by Gasteiger charge is -2.15. The average Bonchev–Trinajstić information content (AvgIpc) is 3.06. The van der Waals surface area contributed by atoms with Crippen LogP contribution in [0.1, 0.15) is 25.5 Å². The smallest absolute Gasteiger partial charge is 0.335 e. The van der Waals surface area contributed by atoms with Crippen LogP contribution in [0.25, 0.3) is 16.9 Å². The summed E-state index contributed by atoms with van der Waals surface area (Å²) in [4.78, 5) is 30.3. The van der Waals surface area contributed by atoms with E-state index in [1.54, 1.807) is 18.3 Å². The van der Waals surface area contributed by atoms with Gasteiger partial charge in [-0.3, -0.25) is 9.36 Å². The van der Waals surface area contributed by atoms with Crippen molar-refractivity contribution in [1.82, 2.24) is 19.4 Å². The normalized spacial score (nSPS) is 11.9. The first-order chi connectivity index (χ1) is 15.1. The third kappa shape index (κ3) is 4.21. The number of nitrogens with zero attached hydrogens (tertiary/aromatic N) is 3. The van der Waals surface area contributed by atoms with Gasteiger partial charge in [-0.2, -0.15) is 0 Å². The van der Waals surface area contributed by atoms with Crippen molar-refractivity contribution in [1.29, 1.82) is 0 Å². The molecule has 1 N–H and O–H groups in total. The molecule has 0 fully saturated rings. The summed E-state index contributed by atoms with van der Waals surface area (Å²) < 4.78 is 8.44. The van der Waals surface area contributed by atoms with Gasteiger partial charge in [0.25, 0.3) is 0 Å². The number of aromatic nitrogens is 3. The molecule has 0 saturated heterocycles. The third-order valence-electron chi connectivity index (χ3n) is 5.08. The van der Waals surface area contributed by atoms with Gasteiger partial charge in [0.15, 0.2) is 5.65 Å². The van der Waals surface area contributed by atoms with Crippen molar-refractivity contribution in [3.8, 4) is 11.4 Å². The molecule has 4 aromatic rings. The highest BCUT2D eigenvalue weighted by Crippen LogP contribution is 2.18. The Morgan fingerprint density at radius 3 is 2.52 bits per heavy atom. The standard InChI is InChI=1S/C24H24N4O3/c1-3-31-20-13-11-18(12-14-20)17(2)26-22(29)16-27-21-10-7-15-25-23(21)28(24(27)30)19-8-5-4-6-9-19/h4-15,17H,3,16H2,1-2H3,(H,26,29)/t17-/m1/s1. The molecule has 2 aromatic heterocycles. The molecule has 0 unspecified atom stereocenters. The summed E-state index contributed by atoms with van der Waals surface area (Å²) in [7, 11) is 0. The molecule has 0 bridgehead atoms. The van der Waals surface area contributed by atoms with E-state index in [1.165, 1.54) is 9.13 Å². The van der Waals surface area contributed by atoms with Crippen LogP contribution in [0.3, 0.4) is 0 Å². The Kier molecular flexibility index (Phi) is 5.84. The molecule has 0 aliphatic carbocycles. The summed E-state index contributed by atoms with van der Waals surface area (Å²) in [6.45, 7) is 4.35. The maximum Gasteiger partial charge on any atom is 0.335 e. The number of fused-ring (bicyclic) bond motifs is 1. The molecular formula is C24H24N4O3. The van der Waals surface area contributed by atoms with E-state index in [9.17, 15) is 9.59 Å². The summed E-state index contributed by atoms with van der Waals surface area (Å²) in [5, 5.41) is 2.97. The van der Waals surface area contributed by atoms with E-state index < -0.39 is 0 Å². The Balaban J connectivity index is 1.58. The number of amides is 1. The van der Waals surface area contributed by atoms with Gasteiger partial charge in [0.2, 0.25) is 5.91 Å². The number of hydrogen-bond acceptors (Lipinski definition) is 4. The molecule has 7 nitrogen and oxygen atoms in total. The number of para-hydroxylation sites is 1. The Labute approximate surface area is 179 Å². The van der Waals surface area contributed by atoms with E-state index in [2.05, 4.69) is 10.3 Å². The number of nitrogens with one attached hydrogen (secondary N) is 1. The summed E-state index contributed by atoms with van der Waals surface area (Å²) in [5.74, 6) is 0.539. The van der Waals surface area contributed by atoms with Crippen LogP contribution in [0.2, 0.25) is 0 Å². The molecule has 4 rings (SSSR count). The van der Waals surface area contributed by atoms with Crippen molar-refractivity contribution in [2.45, 2.75) is 26.4 Å². The zero-order valence-corrected chi connectivity index (χ0v) is 17.5. The van der Waals surface area contributed by atoms with Gasteiger partial charge in [-0.15, -0.1) is 0 Å². The zero-order valence-electron chi connectivity index (χ0n) is 17.5. The number of rotatable bonds is 7. The van der Waals surface area contributed by atoms with Gasteiger partial charge in [-0.25, -0.2) is 14.3 Å². The number of imidazole rings is 1. The quantitative estimate of drug-likeness (QED) is 0.500. The van der Waals surface area contributed by atoms with Crippen molar-refractivity contribution in [3.63, 3.8) is 0 Å². The largest absolute Gasteiger partial charge is 0.494 e. The monoisotopic (exact) mass is 416 g/mol. The number of hydrogen-bond donors (Lipinski definition) is 1. The van der Waals surface area contributed by atoms with E-state index >= 15 is 0 Å². The first-order valence-corrected chi connectivity index (χ1v) is 10.2. The number of ether oxygens (including phenoxy) is 1. The SMILES string of the molecule is CCOc1ccc([C@@H](C)NC(=O)Cn2c(=O)n(-c3ccccc3)c3ncccc32)cc1. The third-order valence-corrected chi connectivity index (χ3v) is 5.08. The van der Waals surface area contributed by atoms with Gasteiger partial charge in [-0.1, -0.05) is 30.3 Å². The lowest BCUT2D eigenvalue weighted by atomic mass is 10.1. The molecule has 2 heterocycles. The van der Waals surface area contributed by atoms with Crippen LogP contribution in [0, 0.1) is 0 Å². The molecule has 0 spiro atoms. The van der Waals surface area contributed by atoms with E-state index in [0.717, 1.165) is 11.3 Å². The summed E-state index contributed by atoms with van der Waals surface area (Å²) in [6, 6.07) is 20.2. The average molecular weight is 416 g/mol. The van der Waals surface area contributed by atoms with E-state index in [4.69, 9.17) is 4.74 Å². The van der Waals surface area contributed by atoms with E-state index in [1.807, 2.05) is 68.4 Å². The predicted octanol–water partition coefficient (Wildman–Crippen LogP) is 3.46. The highest BCUT2D eigenvalue weighted by molar-refractivity contribution is 5.80. The van der Waals surface area contributed by atoms with Crippen molar-refractivity contribution >= 4 is 17.1 Å². The number of benzene rings is 2. The molecule has 1 amide bonds. The van der Waals surface area contributed by atoms with Crippen molar-refractivity contribution in [3.05, 3.63) is 89.0 Å². The van der Waals surface area contributed by atoms with Crippen molar-refractivity contribution < 1.29 is 9.53 Å². The maximum atomic E-state index is 13.2. The minimum atomic E-state index is -0.302. The predicted molar refractivity (Wildman–Crippen MR) is 119 cm³/mol. The van der Waals surface area contributed by atoms with Gasteiger partial charge in [0.1, 0.15) is 12.3 Å². The molecule has 2 aromatic carbocycles. The van der Waals surface area contributed by atoms with Gasteiger partial charge in [0.05, 0.1) is 23.9 Å². The fraction of sp³-hybridized carbons (Fsp3) is 0.208. The minimum Gasteiger partial charge on any atom is -0.494 e. The van der Waals surface area contributed by atoms with Crippen LogP contribution in [-0.4, -0.2) is 26.6 Å². The Morgan fingerprint density at radius 2 is 1.81 bits per heavy atom. The summed E-state index contributed by atoms with van der Waals surface area (Å²) in [6.07, 6.45) is 1.64. The Bertz CT molecular complexity index is 1240. The lowest BCUT2D eigenvalue weighted by molar-refractivity contribution is -0.122. The molecule has 1 atom stereocenters. The van der Waals surface area contributed by atoms with E-state index in [0.29, 0.717) is 23.5 Å². The topological polar surface area (TPSA) is 78.1 Å². The van der Waals surface area contributed by atoms with Crippen LogP contribution >= 0.6 is 0 Å². The highest BCUT2D eigenvalue weighted by atomic mass is 16.5. The molecule has 158 valence electrons. The first-order valence-electron chi connectivity index (χ1n) is 10.2. The van der Waals surface area contributed by atoms with Crippen LogP contribution in [0.5, 0.6) is 5.75 Å². The second-order valence-corrected chi connectivity index (χ2v) is 7.18. The second-order valence-electron chi connectivity index (χ2n) is 7.18. The van der Waals surface area contributed by atoms with Gasteiger partial charge < -0.3 is 10.1 Å². The van der Waals surface area contributed by atoms with Gasteiger partial charge in [0, 0.05) is 6.20 Å². The number of carbonyl (C=O) groups excluding carboxylic acids is 1. The summed E-state index contributed by atoms with van der Waals surface area (Å²) in [5.41, 5.74) is 2.49. The fourth-order valence-corrected chi connectivity index (χ4v) is 3.58. The fourth-order valence-electron chi connectivity index (χ4n) is 3.58. The van der Waals surface area contributed by atoms with Crippen LogP contribution < -0.4 is 15.7 Å². The number of pyridine rings is 1. The van der Waals surface area contributed by atoms with Crippen LogP contribution in [0.4, 0.5) is 0 Å². The zero-order chi connectivity index (χ0) is 21.8. The van der Waals surface area contributed by atoms with E-state index in [-0.39, 0.29) is 24.2 Å². The molecule has 0 aliphatic rings. The van der Waals surface area contributed by atoms with Crippen molar-refractivity contribution in [2.75, 3.05) is 6.61 Å². The Hall–Kier alpha value is -3.87. The highest BCUT2D eigenvalue weighted by Gasteiger charge is 2.18. The maximum absolute atomic E-state index is 13.2. The molecule has 31 heavy (non-hydrogen) atoms. The molecule has 0 saturated carbocycles. The molecule has 0 aliphatic heterocycles.